The van der Waals surface area contributed by atoms with Crippen molar-refractivity contribution in [1.82, 2.24) is 18.8 Å². The van der Waals surface area contributed by atoms with Crippen molar-refractivity contribution in [3.05, 3.63) is 35.1 Å². The zero-order chi connectivity index (χ0) is 27.7. The minimum atomic E-state index is -4.71. The summed E-state index contributed by atoms with van der Waals surface area (Å²) in [5.41, 5.74) is -1.32. The molecule has 1 aromatic carbocycles. The molecule has 2 fully saturated rings. The highest BCUT2D eigenvalue weighted by Gasteiger charge is 2.43. The predicted octanol–water partition coefficient (Wildman–Crippen LogP) is 1.27. The third-order valence-corrected chi connectivity index (χ3v) is 8.38. The number of amides is 2. The van der Waals surface area contributed by atoms with E-state index in [1.165, 1.54) is 20.9 Å². The third kappa shape index (κ3) is 6.20. The molecule has 204 valence electrons. The van der Waals surface area contributed by atoms with Gasteiger partial charge in [-0.1, -0.05) is 6.07 Å². The summed E-state index contributed by atoms with van der Waals surface area (Å²) in [6.07, 6.45) is -5.89. The van der Waals surface area contributed by atoms with E-state index in [4.69, 9.17) is 10.00 Å². The number of benzene rings is 1. The number of likely N-dealkylation sites (N-methyl/N-ethyl adjacent to an activating group) is 1. The topological polar surface area (TPSA) is 123 Å². The Balaban J connectivity index is 1.61. The lowest BCUT2D eigenvalue weighted by Gasteiger charge is -2.40. The summed E-state index contributed by atoms with van der Waals surface area (Å²) < 4.78 is 85.9. The number of ether oxygens (including phenoxy) is 1. The van der Waals surface area contributed by atoms with Gasteiger partial charge in [0, 0.05) is 32.2 Å². The molecule has 2 heterocycles. The molecule has 10 nitrogen and oxygen atoms in total. The van der Waals surface area contributed by atoms with Crippen molar-refractivity contribution in [2.45, 2.75) is 38.2 Å². The molecule has 3 atom stereocenters. The van der Waals surface area contributed by atoms with Crippen molar-refractivity contribution in [2.75, 3.05) is 39.8 Å². The molecule has 15 heteroatoms. The van der Waals surface area contributed by atoms with Crippen LogP contribution in [0.3, 0.4) is 0 Å². The van der Waals surface area contributed by atoms with Gasteiger partial charge in [0.2, 0.25) is 5.91 Å². The highest BCUT2D eigenvalue weighted by Crippen LogP contribution is 2.31. The van der Waals surface area contributed by atoms with E-state index in [0.29, 0.717) is 12.1 Å². The van der Waals surface area contributed by atoms with Crippen LogP contribution in [0.1, 0.15) is 31.0 Å². The van der Waals surface area contributed by atoms with Gasteiger partial charge in [0.05, 0.1) is 36.7 Å². The lowest BCUT2D eigenvalue weighted by molar-refractivity contribution is -0.151. The summed E-state index contributed by atoms with van der Waals surface area (Å²) >= 11 is 0. The quantitative estimate of drug-likeness (QED) is 0.511. The number of carbonyl (C=O) groups is 2. The van der Waals surface area contributed by atoms with E-state index in [1.54, 1.807) is 0 Å². The van der Waals surface area contributed by atoms with Crippen molar-refractivity contribution in [2.24, 2.45) is 5.92 Å². The van der Waals surface area contributed by atoms with E-state index in [9.17, 15) is 35.6 Å². The molecule has 1 aromatic rings. The molecular weight excluding hydrogens is 522 g/mol. The molecule has 2 aliphatic heterocycles. The minimum Gasteiger partial charge on any atom is -0.366 e. The van der Waals surface area contributed by atoms with Crippen molar-refractivity contribution in [1.29, 1.82) is 5.26 Å². The Morgan fingerprint density at radius 2 is 1.86 bits per heavy atom. The second kappa shape index (κ2) is 10.9. The molecule has 3 rings (SSSR count). The fourth-order valence-electron chi connectivity index (χ4n) is 3.92. The van der Waals surface area contributed by atoms with Gasteiger partial charge in [-0.3, -0.25) is 9.59 Å². The normalized spacial score (nSPS) is 21.4. The number of alkyl halides is 3. The largest absolute Gasteiger partial charge is 0.416 e. The lowest BCUT2D eigenvalue weighted by atomic mass is 10.0. The Morgan fingerprint density at radius 3 is 2.43 bits per heavy atom. The number of rotatable bonds is 7. The van der Waals surface area contributed by atoms with Crippen LogP contribution in [0.15, 0.2) is 18.2 Å². The van der Waals surface area contributed by atoms with Gasteiger partial charge in [-0.2, -0.15) is 35.5 Å². The molecule has 0 unspecified atom stereocenters. The molecular formula is C22H27F4N5O5S. The number of nitrogens with one attached hydrogen (secondary N) is 1. The van der Waals surface area contributed by atoms with Crippen LogP contribution in [-0.4, -0.2) is 85.7 Å². The van der Waals surface area contributed by atoms with Crippen LogP contribution in [0.4, 0.5) is 17.6 Å². The van der Waals surface area contributed by atoms with Crippen LogP contribution in [0.5, 0.6) is 0 Å². The maximum atomic E-state index is 14.3. The first-order valence-electron chi connectivity index (χ1n) is 11.4. The summed E-state index contributed by atoms with van der Waals surface area (Å²) in [4.78, 5) is 26.8. The lowest BCUT2D eigenvalue weighted by Crippen LogP contribution is -2.60. The van der Waals surface area contributed by atoms with Crippen molar-refractivity contribution >= 4 is 22.0 Å². The van der Waals surface area contributed by atoms with Gasteiger partial charge in [0.1, 0.15) is 18.0 Å². The Bertz CT molecular complexity index is 1180. The van der Waals surface area contributed by atoms with Crippen molar-refractivity contribution in [3.63, 3.8) is 0 Å². The first-order chi connectivity index (χ1) is 17.2. The molecule has 0 radical (unpaired) electrons. The molecule has 1 N–H and O–H groups in total. The van der Waals surface area contributed by atoms with Crippen LogP contribution in [-0.2, 0) is 30.7 Å². The second-order valence-electron chi connectivity index (χ2n) is 8.96. The maximum Gasteiger partial charge on any atom is 0.416 e. The number of nitrogens with zero attached hydrogens (tertiary/aromatic N) is 4. The monoisotopic (exact) mass is 549 g/mol. The van der Waals surface area contributed by atoms with Gasteiger partial charge in [-0.05, 0) is 26.0 Å². The van der Waals surface area contributed by atoms with E-state index in [1.807, 2.05) is 6.07 Å². The van der Waals surface area contributed by atoms with Crippen LogP contribution in [0.25, 0.3) is 0 Å². The maximum absolute atomic E-state index is 14.3. The van der Waals surface area contributed by atoms with Crippen LogP contribution < -0.4 is 5.32 Å². The van der Waals surface area contributed by atoms with Crippen LogP contribution >= 0.6 is 0 Å². The van der Waals surface area contributed by atoms with Gasteiger partial charge in [0.25, 0.3) is 16.1 Å². The summed E-state index contributed by atoms with van der Waals surface area (Å²) in [6.45, 7) is 2.62. The second-order valence-corrected chi connectivity index (χ2v) is 10.9. The third-order valence-electron chi connectivity index (χ3n) is 6.45. The first-order valence-corrected chi connectivity index (χ1v) is 12.8. The fourth-order valence-corrected chi connectivity index (χ4v) is 5.61. The molecule has 0 aromatic heterocycles. The summed E-state index contributed by atoms with van der Waals surface area (Å²) in [5.74, 6) is -2.88. The highest BCUT2D eigenvalue weighted by atomic mass is 32.2. The van der Waals surface area contributed by atoms with Gasteiger partial charge < -0.3 is 15.0 Å². The number of carbonyl (C=O) groups excluding carboxylic acids is 2. The SMILES string of the molecule is C[C@H](C(=O)N[C@H](C)c1ccc(C(F)(F)F)cc1F)N(C)C(=O)[C@@H]1CN(S(=O)(=O)N2CC(C#N)C2)CCO1. The first kappa shape index (κ1) is 28.8. The van der Waals surface area contributed by atoms with Gasteiger partial charge in [-0.25, -0.2) is 4.39 Å². The Labute approximate surface area is 211 Å². The van der Waals surface area contributed by atoms with Gasteiger partial charge >= 0.3 is 6.18 Å². The van der Waals surface area contributed by atoms with E-state index in [0.717, 1.165) is 19.6 Å². The van der Waals surface area contributed by atoms with E-state index in [-0.39, 0.29) is 44.3 Å². The fraction of sp³-hybridized carbons (Fsp3) is 0.591. The van der Waals surface area contributed by atoms with Gasteiger partial charge in [-0.15, -0.1) is 0 Å². The number of halogens is 4. The smallest absolute Gasteiger partial charge is 0.366 e. The zero-order valence-corrected chi connectivity index (χ0v) is 21.1. The summed E-state index contributed by atoms with van der Waals surface area (Å²) in [7, 11) is -2.56. The van der Waals surface area contributed by atoms with E-state index >= 15 is 0 Å². The average molecular weight is 550 g/mol. The number of hydrogen-bond donors (Lipinski definition) is 1. The molecule has 0 spiro atoms. The molecule has 2 saturated heterocycles. The minimum absolute atomic E-state index is 0.0236. The molecule has 0 bridgehead atoms. The molecule has 0 aliphatic carbocycles. The molecule has 2 aliphatic rings. The predicted molar refractivity (Wildman–Crippen MR) is 121 cm³/mol. The van der Waals surface area contributed by atoms with Crippen LogP contribution in [0.2, 0.25) is 0 Å². The number of nitriles is 1. The van der Waals surface area contributed by atoms with Gasteiger partial charge in [0.15, 0.2) is 0 Å². The Kier molecular flexibility index (Phi) is 8.47. The highest BCUT2D eigenvalue weighted by molar-refractivity contribution is 7.86. The zero-order valence-electron chi connectivity index (χ0n) is 20.3. The molecule has 0 saturated carbocycles. The summed E-state index contributed by atoms with van der Waals surface area (Å²) in [5, 5.41) is 11.4. The molecule has 2 amide bonds. The Hall–Kier alpha value is -2.80. The average Bonchev–Trinajstić information content (AvgIpc) is 2.81. The van der Waals surface area contributed by atoms with Crippen LogP contribution in [0, 0.1) is 23.1 Å². The number of morpholine rings is 1. The van der Waals surface area contributed by atoms with Crippen molar-refractivity contribution < 1.29 is 40.3 Å². The Morgan fingerprint density at radius 1 is 1.22 bits per heavy atom. The summed E-state index contributed by atoms with van der Waals surface area (Å²) in [6, 6.07) is 1.90. The molecule has 37 heavy (non-hydrogen) atoms. The number of hydrogen-bond acceptors (Lipinski definition) is 6. The van der Waals surface area contributed by atoms with E-state index in [2.05, 4.69) is 5.32 Å². The van der Waals surface area contributed by atoms with E-state index < -0.39 is 57.8 Å². The standard InChI is InChI=1S/C22H27F4N5O5S/c1-13(17-5-4-16(8-18(17)23)22(24,25)26)28-20(32)14(2)29(3)21(33)19-12-30(6-7-36-19)37(34,35)31-10-15(9-27)11-31/h4-5,8,13-15,19H,6-7,10-12H2,1-3H3,(H,28,32)/t13-,14-,19+/m1/s1. The van der Waals surface area contributed by atoms with Crippen molar-refractivity contribution in [3.8, 4) is 6.07 Å².